The van der Waals surface area contributed by atoms with E-state index in [1.165, 1.54) is 4.90 Å². The molecule has 1 amide bonds. The lowest BCUT2D eigenvalue weighted by Crippen LogP contribution is -2.48. The molecule has 2 fully saturated rings. The van der Waals surface area contributed by atoms with Gasteiger partial charge in [-0.3, -0.25) is 9.78 Å². The number of halogens is 2. The Bertz CT molecular complexity index is 606. The fraction of sp³-hybridized carbons (Fsp3) is 0.706. The second kappa shape index (κ2) is 6.82. The number of anilines is 1. The molecule has 1 aromatic rings. The molecule has 0 bridgehead atoms. The smallest absolute Gasteiger partial charge is 0.248 e. The van der Waals surface area contributed by atoms with Crippen LogP contribution >= 0.6 is 0 Å². The quantitative estimate of drug-likeness (QED) is 0.891. The summed E-state index contributed by atoms with van der Waals surface area (Å²) in [7, 11) is 1.64. The van der Waals surface area contributed by atoms with Crippen LogP contribution in [0.3, 0.4) is 0 Å². The summed E-state index contributed by atoms with van der Waals surface area (Å²) in [6.45, 7) is 1.19. The molecular weight excluding hydrogens is 330 g/mol. The third-order valence-corrected chi connectivity index (χ3v) is 5.18. The molecule has 1 aromatic heterocycles. The van der Waals surface area contributed by atoms with Gasteiger partial charge in [0.25, 0.3) is 0 Å². The summed E-state index contributed by atoms with van der Waals surface area (Å²) in [6.07, 6.45) is 5.30. The first kappa shape index (κ1) is 18.0. The van der Waals surface area contributed by atoms with Crippen LogP contribution in [0.5, 0.6) is 0 Å². The molecule has 1 saturated heterocycles. The Morgan fingerprint density at radius 2 is 2.08 bits per heavy atom. The molecule has 2 heterocycles. The van der Waals surface area contributed by atoms with Gasteiger partial charge >= 0.3 is 0 Å². The van der Waals surface area contributed by atoms with Gasteiger partial charge in [-0.15, -0.1) is 0 Å². The van der Waals surface area contributed by atoms with Crippen molar-refractivity contribution in [1.82, 2.24) is 14.9 Å². The highest BCUT2D eigenvalue weighted by molar-refractivity contribution is 5.78. The number of hydrogen-bond donors (Lipinski definition) is 1. The van der Waals surface area contributed by atoms with Crippen LogP contribution in [-0.2, 0) is 4.79 Å². The van der Waals surface area contributed by atoms with Crippen molar-refractivity contribution < 1.29 is 18.7 Å². The van der Waals surface area contributed by atoms with Crippen molar-refractivity contribution in [2.45, 2.75) is 43.6 Å². The molecule has 25 heavy (non-hydrogen) atoms. The summed E-state index contributed by atoms with van der Waals surface area (Å²) in [5.74, 6) is -2.47. The van der Waals surface area contributed by atoms with E-state index < -0.39 is 11.5 Å². The van der Waals surface area contributed by atoms with Crippen LogP contribution in [0.25, 0.3) is 0 Å². The highest BCUT2D eigenvalue weighted by Crippen LogP contribution is 2.37. The van der Waals surface area contributed by atoms with Gasteiger partial charge in [0.15, 0.2) is 0 Å². The number of likely N-dealkylation sites (N-methyl/N-ethyl adjacent to an activating group) is 1. The Kier molecular flexibility index (Phi) is 4.90. The van der Waals surface area contributed by atoms with Gasteiger partial charge in [-0.25, -0.2) is 13.8 Å². The van der Waals surface area contributed by atoms with Crippen LogP contribution in [0.15, 0.2) is 18.6 Å². The lowest BCUT2D eigenvalue weighted by Gasteiger charge is -2.33. The lowest BCUT2D eigenvalue weighted by molar-refractivity contribution is -0.141. The Balaban J connectivity index is 1.55. The van der Waals surface area contributed by atoms with Crippen LogP contribution in [0.4, 0.5) is 14.6 Å². The summed E-state index contributed by atoms with van der Waals surface area (Å²) in [5.41, 5.74) is -1.03. The fourth-order valence-electron chi connectivity index (χ4n) is 3.75. The van der Waals surface area contributed by atoms with E-state index in [9.17, 15) is 18.7 Å². The van der Waals surface area contributed by atoms with Gasteiger partial charge in [0.1, 0.15) is 11.4 Å². The van der Waals surface area contributed by atoms with Crippen LogP contribution in [-0.4, -0.2) is 64.1 Å². The number of aromatic nitrogens is 2. The largest absolute Gasteiger partial charge is 0.386 e. The number of alkyl halides is 2. The SMILES string of the molecule is CN(CC1(O)CCN(c2cnccn2)C1)C(=O)C1CCC(F)(F)CC1. The number of β-amino-alcohol motifs (C(OH)–C–C–N with tert-alkyl or cyclic N) is 1. The molecule has 1 saturated carbocycles. The Morgan fingerprint density at radius 1 is 1.36 bits per heavy atom. The summed E-state index contributed by atoms with van der Waals surface area (Å²) < 4.78 is 26.5. The molecular formula is C17H24F2N4O2. The Morgan fingerprint density at radius 3 is 2.72 bits per heavy atom. The van der Waals surface area contributed by atoms with Crippen molar-refractivity contribution in [2.75, 3.05) is 31.6 Å². The van der Waals surface area contributed by atoms with Crippen LogP contribution in [0.2, 0.25) is 0 Å². The van der Waals surface area contributed by atoms with E-state index in [0.717, 1.165) is 0 Å². The first-order valence-electron chi connectivity index (χ1n) is 8.64. The molecule has 1 aliphatic heterocycles. The number of hydrogen-bond acceptors (Lipinski definition) is 5. The topological polar surface area (TPSA) is 69.6 Å². The minimum Gasteiger partial charge on any atom is -0.386 e. The van der Waals surface area contributed by atoms with E-state index >= 15 is 0 Å². The van der Waals surface area contributed by atoms with E-state index in [1.54, 1.807) is 25.6 Å². The third-order valence-electron chi connectivity index (χ3n) is 5.18. The third kappa shape index (κ3) is 4.23. The molecule has 0 aromatic carbocycles. The summed E-state index contributed by atoms with van der Waals surface area (Å²) >= 11 is 0. The van der Waals surface area contributed by atoms with Crippen molar-refractivity contribution >= 4 is 11.7 Å². The van der Waals surface area contributed by atoms with Crippen LogP contribution < -0.4 is 4.90 Å². The Labute approximate surface area is 145 Å². The van der Waals surface area contributed by atoms with Crippen molar-refractivity contribution in [2.24, 2.45) is 5.92 Å². The van der Waals surface area contributed by atoms with E-state index in [0.29, 0.717) is 25.3 Å². The van der Waals surface area contributed by atoms with Gasteiger partial charge in [-0.05, 0) is 19.3 Å². The minimum atomic E-state index is -2.64. The maximum Gasteiger partial charge on any atom is 0.248 e. The average molecular weight is 354 g/mol. The van der Waals surface area contributed by atoms with Crippen LogP contribution in [0, 0.1) is 5.92 Å². The van der Waals surface area contributed by atoms with Crippen molar-refractivity contribution in [1.29, 1.82) is 0 Å². The second-order valence-electron chi connectivity index (χ2n) is 7.28. The summed E-state index contributed by atoms with van der Waals surface area (Å²) in [4.78, 5) is 24.2. The fourth-order valence-corrected chi connectivity index (χ4v) is 3.75. The number of aliphatic hydroxyl groups is 1. The molecule has 6 nitrogen and oxygen atoms in total. The highest BCUT2D eigenvalue weighted by atomic mass is 19.3. The highest BCUT2D eigenvalue weighted by Gasteiger charge is 2.41. The molecule has 0 spiro atoms. The molecule has 8 heteroatoms. The average Bonchev–Trinajstić information content (AvgIpc) is 2.97. The van der Waals surface area contributed by atoms with Crippen molar-refractivity contribution in [3.8, 4) is 0 Å². The van der Waals surface area contributed by atoms with Crippen LogP contribution in [0.1, 0.15) is 32.1 Å². The van der Waals surface area contributed by atoms with Gasteiger partial charge in [0.2, 0.25) is 11.8 Å². The van der Waals surface area contributed by atoms with Gasteiger partial charge in [0.05, 0.1) is 12.7 Å². The van der Waals surface area contributed by atoms with Crippen molar-refractivity contribution in [3.63, 3.8) is 0 Å². The predicted octanol–water partition coefficient (Wildman–Crippen LogP) is 1.70. The van der Waals surface area contributed by atoms with Gasteiger partial charge in [0, 0.05) is 51.3 Å². The summed E-state index contributed by atoms with van der Waals surface area (Å²) in [5, 5.41) is 10.8. The zero-order valence-corrected chi connectivity index (χ0v) is 14.4. The van der Waals surface area contributed by atoms with E-state index in [2.05, 4.69) is 9.97 Å². The molecule has 1 atom stereocenters. The number of carbonyl (C=O) groups is 1. The second-order valence-corrected chi connectivity index (χ2v) is 7.28. The molecule has 138 valence electrons. The molecule has 3 rings (SSSR count). The normalized spacial score (nSPS) is 26.6. The van der Waals surface area contributed by atoms with E-state index in [4.69, 9.17) is 0 Å². The first-order chi connectivity index (χ1) is 11.8. The molecule has 1 N–H and O–H groups in total. The number of carbonyl (C=O) groups excluding carboxylic acids is 1. The maximum atomic E-state index is 13.3. The van der Waals surface area contributed by atoms with E-state index in [1.807, 2.05) is 4.90 Å². The Hall–Kier alpha value is -1.83. The van der Waals surface area contributed by atoms with Gasteiger partial charge < -0.3 is 14.9 Å². The van der Waals surface area contributed by atoms with Crippen molar-refractivity contribution in [3.05, 3.63) is 18.6 Å². The number of rotatable bonds is 4. The molecule has 0 radical (unpaired) electrons. The zero-order chi connectivity index (χ0) is 18.1. The monoisotopic (exact) mass is 354 g/mol. The molecule has 2 aliphatic rings. The minimum absolute atomic E-state index is 0.151. The molecule has 1 unspecified atom stereocenters. The number of nitrogens with zero attached hydrogens (tertiary/aromatic N) is 4. The molecule has 1 aliphatic carbocycles. The lowest BCUT2D eigenvalue weighted by atomic mass is 9.85. The number of amides is 1. The van der Waals surface area contributed by atoms with Gasteiger partial charge in [-0.1, -0.05) is 0 Å². The standard InChI is InChI=1S/C17H24F2N4O2/c1-22(15(24)13-2-4-17(18,19)5-3-13)11-16(25)6-9-23(12-16)14-10-20-7-8-21-14/h7-8,10,13,25H,2-6,9,11-12H2,1H3. The summed E-state index contributed by atoms with van der Waals surface area (Å²) in [6, 6.07) is 0. The maximum absolute atomic E-state index is 13.3. The predicted molar refractivity (Wildman–Crippen MR) is 88.4 cm³/mol. The first-order valence-corrected chi connectivity index (χ1v) is 8.64. The van der Waals surface area contributed by atoms with Gasteiger partial charge in [-0.2, -0.15) is 0 Å². The zero-order valence-electron chi connectivity index (χ0n) is 14.4. The van der Waals surface area contributed by atoms with E-state index in [-0.39, 0.29) is 44.1 Å².